The molecule has 1 aromatic carbocycles. The molecule has 1 aromatic rings. The number of hydrogen-bond acceptors (Lipinski definition) is 3. The maximum Gasteiger partial charge on any atom is 0.224 e. The predicted molar refractivity (Wildman–Crippen MR) is 85.1 cm³/mol. The van der Waals surface area contributed by atoms with Crippen molar-refractivity contribution in [2.75, 3.05) is 11.1 Å². The third kappa shape index (κ3) is 2.95. The third-order valence-electron chi connectivity index (χ3n) is 4.31. The summed E-state index contributed by atoms with van der Waals surface area (Å²) in [6.07, 6.45) is 6.59. The van der Waals surface area contributed by atoms with Crippen molar-refractivity contribution in [3.8, 4) is 0 Å². The molecule has 2 atom stereocenters. The molecule has 1 aliphatic carbocycles. The smallest absolute Gasteiger partial charge is 0.224 e. The van der Waals surface area contributed by atoms with Crippen LogP contribution in [0.1, 0.15) is 44.6 Å². The number of carbonyl (C=O) groups excluding carboxylic acids is 1. The van der Waals surface area contributed by atoms with Gasteiger partial charge in [0.05, 0.1) is 0 Å². The van der Waals surface area contributed by atoms with E-state index in [0.29, 0.717) is 11.7 Å². The molecule has 3 nitrogen and oxygen atoms in total. The van der Waals surface area contributed by atoms with Gasteiger partial charge in [0.2, 0.25) is 5.91 Å². The van der Waals surface area contributed by atoms with Crippen molar-refractivity contribution in [2.45, 2.75) is 55.6 Å². The van der Waals surface area contributed by atoms with Crippen LogP contribution >= 0.6 is 11.8 Å². The molecule has 3 rings (SSSR count). The number of aryl methyl sites for hydroxylation is 1. The van der Waals surface area contributed by atoms with E-state index in [9.17, 15) is 4.79 Å². The Kier molecular flexibility index (Phi) is 3.92. The van der Waals surface area contributed by atoms with Gasteiger partial charge in [-0.05, 0) is 42.9 Å². The quantitative estimate of drug-likeness (QED) is 0.814. The zero-order valence-electron chi connectivity index (χ0n) is 11.9. The first kappa shape index (κ1) is 13.8. The summed E-state index contributed by atoms with van der Waals surface area (Å²) in [7, 11) is 0. The van der Waals surface area contributed by atoms with Gasteiger partial charge in [-0.15, -0.1) is 11.8 Å². The number of rotatable bonds is 2. The van der Waals surface area contributed by atoms with Crippen LogP contribution in [0.5, 0.6) is 0 Å². The summed E-state index contributed by atoms with van der Waals surface area (Å²) < 4.78 is 0. The molecule has 1 amide bonds. The van der Waals surface area contributed by atoms with Gasteiger partial charge in [-0.25, -0.2) is 0 Å². The first-order valence-corrected chi connectivity index (χ1v) is 8.38. The van der Waals surface area contributed by atoms with Gasteiger partial charge in [-0.1, -0.05) is 19.8 Å². The summed E-state index contributed by atoms with van der Waals surface area (Å²) in [6.45, 7) is 2.34. The Morgan fingerprint density at radius 1 is 1.30 bits per heavy atom. The van der Waals surface area contributed by atoms with Crippen LogP contribution in [-0.2, 0) is 11.2 Å². The number of anilines is 2. The molecule has 0 saturated heterocycles. The Bertz CT molecular complexity index is 529. The molecule has 0 bridgehead atoms. The second kappa shape index (κ2) is 5.68. The van der Waals surface area contributed by atoms with Gasteiger partial charge in [0.25, 0.3) is 0 Å². The zero-order chi connectivity index (χ0) is 14.1. The fourth-order valence-corrected chi connectivity index (χ4v) is 4.64. The van der Waals surface area contributed by atoms with Gasteiger partial charge in [0, 0.05) is 27.9 Å². The van der Waals surface area contributed by atoms with Crippen LogP contribution in [-0.4, -0.2) is 11.2 Å². The lowest BCUT2D eigenvalue weighted by molar-refractivity contribution is -0.116. The monoisotopic (exact) mass is 290 g/mol. The van der Waals surface area contributed by atoms with E-state index in [-0.39, 0.29) is 5.91 Å². The molecule has 20 heavy (non-hydrogen) atoms. The molecular formula is C16H22N2OS. The minimum Gasteiger partial charge on any atom is -0.398 e. The molecule has 2 unspecified atom stereocenters. The molecule has 1 saturated carbocycles. The molecule has 2 aliphatic rings. The summed E-state index contributed by atoms with van der Waals surface area (Å²) >= 11 is 1.89. The van der Waals surface area contributed by atoms with Crippen molar-refractivity contribution in [1.82, 2.24) is 0 Å². The molecule has 0 radical (unpaired) electrons. The molecule has 108 valence electrons. The van der Waals surface area contributed by atoms with Crippen molar-refractivity contribution >= 4 is 29.0 Å². The number of hydrogen-bond donors (Lipinski definition) is 2. The highest BCUT2D eigenvalue weighted by Gasteiger charge is 2.22. The van der Waals surface area contributed by atoms with Gasteiger partial charge < -0.3 is 11.1 Å². The first-order chi connectivity index (χ1) is 9.61. The van der Waals surface area contributed by atoms with Gasteiger partial charge >= 0.3 is 0 Å². The summed E-state index contributed by atoms with van der Waals surface area (Å²) in [6, 6.07) is 4.12. The second-order valence-electron chi connectivity index (χ2n) is 6.11. The lowest BCUT2D eigenvalue weighted by atomic mass is 9.91. The molecule has 0 spiro atoms. The third-order valence-corrected chi connectivity index (χ3v) is 5.68. The van der Waals surface area contributed by atoms with Gasteiger partial charge in [0.1, 0.15) is 0 Å². The normalized spacial score (nSPS) is 25.9. The molecule has 1 fully saturated rings. The average molecular weight is 290 g/mol. The van der Waals surface area contributed by atoms with E-state index in [4.69, 9.17) is 5.73 Å². The molecule has 1 aliphatic heterocycles. The number of nitrogen functional groups attached to an aromatic ring is 1. The molecular weight excluding hydrogens is 268 g/mol. The molecule has 1 heterocycles. The highest BCUT2D eigenvalue weighted by molar-refractivity contribution is 8.00. The van der Waals surface area contributed by atoms with E-state index < -0.39 is 0 Å². The van der Waals surface area contributed by atoms with E-state index in [1.807, 2.05) is 17.8 Å². The maximum absolute atomic E-state index is 11.5. The standard InChI is InChI=1S/C16H22N2OS/c1-10-3-2-4-12(7-10)20-15-9-14-11(8-13(15)17)5-6-16(19)18-14/h8-10,12H,2-7,17H2,1H3,(H,18,19). The SMILES string of the molecule is CC1CCCC(Sc2cc3c(cc2N)CCC(=O)N3)C1. The number of nitrogens with two attached hydrogens (primary N) is 1. The lowest BCUT2D eigenvalue weighted by Gasteiger charge is -2.27. The number of fused-ring (bicyclic) bond motifs is 1. The Labute approximate surface area is 124 Å². The second-order valence-corrected chi connectivity index (χ2v) is 7.45. The highest BCUT2D eigenvalue weighted by atomic mass is 32.2. The Morgan fingerprint density at radius 3 is 2.95 bits per heavy atom. The molecule has 4 heteroatoms. The number of amides is 1. The highest BCUT2D eigenvalue weighted by Crippen LogP contribution is 2.40. The van der Waals surface area contributed by atoms with Crippen LogP contribution in [0.2, 0.25) is 0 Å². The lowest BCUT2D eigenvalue weighted by Crippen LogP contribution is -2.19. The van der Waals surface area contributed by atoms with Gasteiger partial charge in [-0.3, -0.25) is 4.79 Å². The van der Waals surface area contributed by atoms with E-state index in [1.54, 1.807) is 0 Å². The number of nitrogens with one attached hydrogen (secondary N) is 1. The molecule has 3 N–H and O–H groups in total. The fourth-order valence-electron chi connectivity index (χ4n) is 3.19. The number of benzene rings is 1. The zero-order valence-corrected chi connectivity index (χ0v) is 12.8. The Hall–Kier alpha value is -1.16. The Balaban J connectivity index is 1.79. The summed E-state index contributed by atoms with van der Waals surface area (Å²) in [5, 5.41) is 3.63. The van der Waals surface area contributed by atoms with E-state index in [2.05, 4.69) is 18.3 Å². The van der Waals surface area contributed by atoms with Crippen LogP contribution in [0.15, 0.2) is 17.0 Å². The minimum absolute atomic E-state index is 0.115. The minimum atomic E-state index is 0.115. The van der Waals surface area contributed by atoms with E-state index in [0.717, 1.165) is 28.6 Å². The van der Waals surface area contributed by atoms with Gasteiger partial charge in [0.15, 0.2) is 0 Å². The number of thioether (sulfide) groups is 1. The van der Waals surface area contributed by atoms with Crippen LogP contribution < -0.4 is 11.1 Å². The largest absolute Gasteiger partial charge is 0.398 e. The molecule has 0 aromatic heterocycles. The number of carbonyl (C=O) groups is 1. The van der Waals surface area contributed by atoms with Crippen LogP contribution in [0.25, 0.3) is 0 Å². The Morgan fingerprint density at radius 2 is 2.15 bits per heavy atom. The van der Waals surface area contributed by atoms with Crippen molar-refractivity contribution in [2.24, 2.45) is 5.92 Å². The van der Waals surface area contributed by atoms with Crippen LogP contribution in [0, 0.1) is 5.92 Å². The maximum atomic E-state index is 11.5. The predicted octanol–water partition coefficient (Wildman–Crippen LogP) is 3.82. The summed E-state index contributed by atoms with van der Waals surface area (Å²) in [5.41, 5.74) is 9.19. The van der Waals surface area contributed by atoms with E-state index >= 15 is 0 Å². The van der Waals surface area contributed by atoms with Crippen molar-refractivity contribution in [3.05, 3.63) is 17.7 Å². The van der Waals surface area contributed by atoms with Crippen LogP contribution in [0.3, 0.4) is 0 Å². The average Bonchev–Trinajstić information content (AvgIpc) is 2.40. The van der Waals surface area contributed by atoms with Crippen molar-refractivity contribution in [3.63, 3.8) is 0 Å². The topological polar surface area (TPSA) is 55.1 Å². The summed E-state index contributed by atoms with van der Waals surface area (Å²) in [4.78, 5) is 12.6. The van der Waals surface area contributed by atoms with Gasteiger partial charge in [-0.2, -0.15) is 0 Å². The van der Waals surface area contributed by atoms with Crippen LogP contribution in [0.4, 0.5) is 11.4 Å². The first-order valence-electron chi connectivity index (χ1n) is 7.50. The van der Waals surface area contributed by atoms with Crippen molar-refractivity contribution in [1.29, 1.82) is 0 Å². The summed E-state index contributed by atoms with van der Waals surface area (Å²) in [5.74, 6) is 0.935. The van der Waals surface area contributed by atoms with E-state index in [1.165, 1.54) is 31.2 Å². The fraction of sp³-hybridized carbons (Fsp3) is 0.562. The van der Waals surface area contributed by atoms with Crippen molar-refractivity contribution < 1.29 is 4.79 Å².